The van der Waals surface area contributed by atoms with E-state index in [2.05, 4.69) is 15.2 Å². The minimum absolute atomic E-state index is 0.00519. The molecule has 0 spiro atoms. The monoisotopic (exact) mass is 771 g/mol. The predicted molar refractivity (Wildman–Crippen MR) is 185 cm³/mol. The van der Waals surface area contributed by atoms with Crippen LogP contribution in [0, 0.1) is 11.3 Å². The molecule has 1 unspecified atom stereocenters. The number of halogens is 4. The highest BCUT2D eigenvalue weighted by molar-refractivity contribution is 7.90. The molecule has 5 rings (SSSR count). The highest BCUT2D eigenvalue weighted by Crippen LogP contribution is 2.60. The lowest BCUT2D eigenvalue weighted by atomic mass is 9.93. The van der Waals surface area contributed by atoms with Gasteiger partial charge in [0.2, 0.25) is 5.88 Å². The Morgan fingerprint density at radius 2 is 1.77 bits per heavy atom. The minimum Gasteiger partial charge on any atom is -0.477 e. The SMILES string of the molecule is CC(C)(C)OC(=O)N1CC(CCCCn2ccc(S(=O)(=O)NC(=O)c3ccc(-n4ccc(OCCCC5(C(F)(F)F)CC5)n4)nc3Cl)n2)CC1(C)C. The van der Waals surface area contributed by atoms with Crippen molar-refractivity contribution in [3.05, 3.63) is 47.4 Å². The number of rotatable bonds is 14. The van der Waals surface area contributed by atoms with Gasteiger partial charge >= 0.3 is 12.3 Å². The van der Waals surface area contributed by atoms with Crippen molar-refractivity contribution < 1.29 is 40.7 Å². The number of nitrogens with zero attached hydrogens (tertiary/aromatic N) is 6. The maximum atomic E-state index is 13.1. The summed E-state index contributed by atoms with van der Waals surface area (Å²) in [7, 11) is -4.34. The summed E-state index contributed by atoms with van der Waals surface area (Å²) in [4.78, 5) is 31.6. The van der Waals surface area contributed by atoms with Crippen LogP contribution in [0.3, 0.4) is 0 Å². The molecule has 18 heteroatoms. The standard InChI is InChI=1S/C34H45ClF3N7O6S/c1-31(2,3)51-30(47)44-22-23(21-32(44,4)5)9-6-7-17-43-18-13-27(41-43)52(48,49)42-29(46)24-10-11-25(39-28(24)35)45-19-12-26(40-45)50-20-8-14-33(15-16-33)34(36,37)38/h10-13,18-19,23H,6-9,14-17,20-22H2,1-5H3,(H,42,46). The molecule has 1 aliphatic carbocycles. The Bertz CT molecular complexity index is 1870. The number of carbonyl (C=O) groups is 2. The van der Waals surface area contributed by atoms with Crippen LogP contribution in [0.2, 0.25) is 5.15 Å². The summed E-state index contributed by atoms with van der Waals surface area (Å²) in [5.41, 5.74) is -2.66. The van der Waals surface area contributed by atoms with E-state index in [9.17, 15) is 31.2 Å². The number of hydrogen-bond donors (Lipinski definition) is 1. The number of unbranched alkanes of at least 4 members (excludes halogenated alkanes) is 1. The van der Waals surface area contributed by atoms with E-state index in [-0.39, 0.29) is 71.4 Å². The van der Waals surface area contributed by atoms with Crippen molar-refractivity contribution in [2.75, 3.05) is 13.2 Å². The van der Waals surface area contributed by atoms with Gasteiger partial charge in [-0.2, -0.15) is 26.7 Å². The van der Waals surface area contributed by atoms with Gasteiger partial charge in [-0.3, -0.25) is 9.48 Å². The third kappa shape index (κ3) is 9.57. The van der Waals surface area contributed by atoms with E-state index < -0.39 is 33.1 Å². The molecule has 3 aromatic heterocycles. The maximum absolute atomic E-state index is 13.1. The number of likely N-dealkylation sites (tertiary alicyclic amines) is 1. The molecule has 1 saturated heterocycles. The Labute approximate surface area is 306 Å². The quantitative estimate of drug-likeness (QED) is 0.136. The summed E-state index contributed by atoms with van der Waals surface area (Å²) in [5.74, 6) is -0.314. The van der Waals surface area contributed by atoms with Crippen LogP contribution in [0.1, 0.15) is 96.3 Å². The summed E-state index contributed by atoms with van der Waals surface area (Å²) in [6.07, 6.45) is 2.35. The third-order valence-electron chi connectivity index (χ3n) is 9.32. The second-order valence-corrected chi connectivity index (χ2v) is 17.1. The average molecular weight is 772 g/mol. The molecule has 0 aromatic carbocycles. The fourth-order valence-corrected chi connectivity index (χ4v) is 7.56. The van der Waals surface area contributed by atoms with Crippen LogP contribution in [0.4, 0.5) is 18.0 Å². The van der Waals surface area contributed by atoms with Gasteiger partial charge in [0.25, 0.3) is 15.9 Å². The van der Waals surface area contributed by atoms with Crippen LogP contribution in [-0.4, -0.2) is 80.3 Å². The second kappa shape index (κ2) is 14.9. The van der Waals surface area contributed by atoms with Crippen molar-refractivity contribution in [1.29, 1.82) is 0 Å². The molecule has 1 N–H and O–H groups in total. The third-order valence-corrected chi connectivity index (χ3v) is 10.8. The van der Waals surface area contributed by atoms with Crippen molar-refractivity contribution in [3.8, 4) is 11.7 Å². The molecular formula is C34H45ClF3N7O6S. The molecule has 2 fully saturated rings. The number of carbonyl (C=O) groups excluding carboxylic acids is 2. The number of alkyl halides is 3. The van der Waals surface area contributed by atoms with Crippen LogP contribution < -0.4 is 9.46 Å². The molecule has 52 heavy (non-hydrogen) atoms. The Balaban J connectivity index is 1.08. The van der Waals surface area contributed by atoms with Gasteiger partial charge in [-0.15, -0.1) is 5.10 Å². The first-order valence-corrected chi connectivity index (χ1v) is 19.1. The summed E-state index contributed by atoms with van der Waals surface area (Å²) in [6, 6.07) is 5.51. The van der Waals surface area contributed by atoms with E-state index >= 15 is 0 Å². The van der Waals surface area contributed by atoms with Crippen LogP contribution >= 0.6 is 11.6 Å². The molecule has 0 bridgehead atoms. The topological polar surface area (TPSA) is 151 Å². The average Bonchev–Trinajstić information content (AvgIpc) is 3.31. The van der Waals surface area contributed by atoms with E-state index in [1.807, 2.05) is 39.3 Å². The van der Waals surface area contributed by atoms with E-state index in [4.69, 9.17) is 21.1 Å². The van der Waals surface area contributed by atoms with Crippen molar-refractivity contribution in [1.82, 2.24) is 34.2 Å². The largest absolute Gasteiger partial charge is 0.477 e. The van der Waals surface area contributed by atoms with Gasteiger partial charge in [-0.25, -0.2) is 19.2 Å². The first-order chi connectivity index (χ1) is 24.2. The minimum atomic E-state index is -4.34. The number of hydrogen-bond acceptors (Lipinski definition) is 9. The highest BCUT2D eigenvalue weighted by Gasteiger charge is 2.62. The van der Waals surface area contributed by atoms with Gasteiger partial charge in [0.15, 0.2) is 10.8 Å². The van der Waals surface area contributed by atoms with Crippen molar-refractivity contribution >= 4 is 33.6 Å². The second-order valence-electron chi connectivity index (χ2n) is 15.2. The smallest absolute Gasteiger partial charge is 0.410 e. The zero-order valence-electron chi connectivity index (χ0n) is 29.9. The molecule has 0 radical (unpaired) electrons. The fourth-order valence-electron chi connectivity index (χ4n) is 6.41. The Hall–Kier alpha value is -3.86. The predicted octanol–water partition coefficient (Wildman–Crippen LogP) is 6.94. The van der Waals surface area contributed by atoms with Gasteiger partial charge in [0.1, 0.15) is 10.8 Å². The maximum Gasteiger partial charge on any atom is 0.410 e. The van der Waals surface area contributed by atoms with Crippen molar-refractivity contribution in [3.63, 3.8) is 0 Å². The van der Waals surface area contributed by atoms with Gasteiger partial charge in [0, 0.05) is 37.1 Å². The summed E-state index contributed by atoms with van der Waals surface area (Å²) >= 11 is 6.25. The number of aromatic nitrogens is 5. The number of pyridine rings is 1. The summed E-state index contributed by atoms with van der Waals surface area (Å²) < 4.78 is 81.2. The highest BCUT2D eigenvalue weighted by atomic mass is 35.5. The number of ether oxygens (including phenoxy) is 2. The molecule has 13 nitrogen and oxygen atoms in total. The van der Waals surface area contributed by atoms with Gasteiger partial charge in [-0.1, -0.05) is 18.0 Å². The number of sulfonamides is 1. The van der Waals surface area contributed by atoms with Crippen molar-refractivity contribution in [2.24, 2.45) is 11.3 Å². The Kier molecular flexibility index (Phi) is 11.3. The summed E-state index contributed by atoms with van der Waals surface area (Å²) in [5, 5.41) is 7.72. The first kappa shape index (κ1) is 39.3. The molecular weight excluding hydrogens is 727 g/mol. The lowest BCUT2D eigenvalue weighted by Crippen LogP contribution is -2.45. The lowest BCUT2D eigenvalue weighted by molar-refractivity contribution is -0.189. The lowest BCUT2D eigenvalue weighted by Gasteiger charge is -2.33. The Morgan fingerprint density at radius 1 is 1.04 bits per heavy atom. The van der Waals surface area contributed by atoms with E-state index in [0.717, 1.165) is 25.7 Å². The van der Waals surface area contributed by atoms with E-state index in [0.29, 0.717) is 19.0 Å². The number of amides is 2. The molecule has 1 aliphatic heterocycles. The van der Waals surface area contributed by atoms with E-state index in [1.165, 1.54) is 46.0 Å². The Morgan fingerprint density at radius 3 is 2.42 bits per heavy atom. The first-order valence-electron chi connectivity index (χ1n) is 17.2. The zero-order chi connectivity index (χ0) is 38.1. The van der Waals surface area contributed by atoms with Gasteiger partial charge < -0.3 is 14.4 Å². The van der Waals surface area contributed by atoms with Crippen molar-refractivity contribution in [2.45, 2.75) is 115 Å². The fraction of sp³-hybridized carbons (Fsp3) is 0.618. The molecule has 1 atom stereocenters. The molecule has 2 aliphatic rings. The molecule has 4 heterocycles. The van der Waals surface area contributed by atoms with Crippen LogP contribution in [0.15, 0.2) is 41.7 Å². The number of aryl methyl sites for hydroxylation is 1. The molecule has 2 amide bonds. The van der Waals surface area contributed by atoms with Crippen LogP contribution in [0.5, 0.6) is 5.88 Å². The van der Waals surface area contributed by atoms with Gasteiger partial charge in [0.05, 0.1) is 17.6 Å². The van der Waals surface area contributed by atoms with E-state index in [1.54, 1.807) is 4.90 Å². The van der Waals surface area contributed by atoms with Gasteiger partial charge in [-0.05, 0) is 104 Å². The number of nitrogens with one attached hydrogen (secondary N) is 1. The molecule has 286 valence electrons. The molecule has 1 saturated carbocycles. The summed E-state index contributed by atoms with van der Waals surface area (Å²) in [6.45, 7) is 10.8. The van der Waals surface area contributed by atoms with Crippen LogP contribution in [-0.2, 0) is 21.3 Å². The van der Waals surface area contributed by atoms with Crippen LogP contribution in [0.25, 0.3) is 5.82 Å². The normalized spacial score (nSPS) is 18.3. The zero-order valence-corrected chi connectivity index (χ0v) is 31.4. The molecule has 3 aromatic rings.